The van der Waals surface area contributed by atoms with Gasteiger partial charge in [0.15, 0.2) is 6.10 Å². The molecule has 172 valence electrons. The minimum Gasteiger partial charge on any atom is -0.481 e. The zero-order valence-corrected chi connectivity index (χ0v) is 19.9. The topological polar surface area (TPSA) is 32.8 Å². The Hall–Kier alpha value is -3.11. The molecule has 4 rings (SSSR count). The number of piperazine rings is 1. The molecule has 1 atom stereocenters. The SMILES string of the molecule is CC[C@@H](Oc1cc(C)cc(C)c1)C(=O)N1CCN(C(c2ccccc2)c2ccccc2)CC1. The second-order valence-electron chi connectivity index (χ2n) is 8.92. The van der Waals surface area contributed by atoms with Gasteiger partial charge in [0.25, 0.3) is 5.91 Å². The molecule has 4 heteroatoms. The summed E-state index contributed by atoms with van der Waals surface area (Å²) in [6.45, 7) is 9.21. The summed E-state index contributed by atoms with van der Waals surface area (Å²) < 4.78 is 6.15. The van der Waals surface area contributed by atoms with E-state index in [0.717, 1.165) is 30.0 Å². The van der Waals surface area contributed by atoms with Gasteiger partial charge in [0.05, 0.1) is 6.04 Å². The van der Waals surface area contributed by atoms with Crippen molar-refractivity contribution in [3.63, 3.8) is 0 Å². The largest absolute Gasteiger partial charge is 0.481 e. The third-order valence-corrected chi connectivity index (χ3v) is 6.34. The minimum atomic E-state index is -0.447. The average molecular weight is 443 g/mol. The van der Waals surface area contributed by atoms with E-state index in [1.54, 1.807) is 0 Å². The fraction of sp³-hybridized carbons (Fsp3) is 0.345. The van der Waals surface area contributed by atoms with Gasteiger partial charge in [0, 0.05) is 26.2 Å². The van der Waals surface area contributed by atoms with Crippen molar-refractivity contribution in [1.29, 1.82) is 0 Å². The van der Waals surface area contributed by atoms with E-state index in [2.05, 4.69) is 85.5 Å². The molecular weight excluding hydrogens is 408 g/mol. The summed E-state index contributed by atoms with van der Waals surface area (Å²) in [6.07, 6.45) is 0.208. The van der Waals surface area contributed by atoms with Gasteiger partial charge in [0.1, 0.15) is 5.75 Å². The maximum absolute atomic E-state index is 13.3. The van der Waals surface area contributed by atoms with Gasteiger partial charge in [-0.2, -0.15) is 0 Å². The Labute approximate surface area is 197 Å². The van der Waals surface area contributed by atoms with Crippen LogP contribution in [0.5, 0.6) is 5.75 Å². The second kappa shape index (κ2) is 10.7. The van der Waals surface area contributed by atoms with E-state index in [0.29, 0.717) is 19.5 Å². The second-order valence-corrected chi connectivity index (χ2v) is 8.92. The highest BCUT2D eigenvalue weighted by atomic mass is 16.5. The standard InChI is InChI=1S/C29H34N2O2/c1-4-27(33-26-20-22(2)19-23(3)21-26)29(32)31-17-15-30(16-18-31)28(24-11-7-5-8-12-24)25-13-9-6-10-14-25/h5-14,19-21,27-28H,4,15-18H2,1-3H3/t27-/m1/s1. The number of aryl methyl sites for hydroxylation is 2. The lowest BCUT2D eigenvalue weighted by Crippen LogP contribution is -2.53. The maximum Gasteiger partial charge on any atom is 0.263 e. The molecule has 0 radical (unpaired) electrons. The normalized spacial score (nSPS) is 15.5. The summed E-state index contributed by atoms with van der Waals surface area (Å²) >= 11 is 0. The molecule has 1 saturated heterocycles. The maximum atomic E-state index is 13.3. The highest BCUT2D eigenvalue weighted by Crippen LogP contribution is 2.29. The predicted molar refractivity (Wildman–Crippen MR) is 134 cm³/mol. The molecule has 1 aliphatic rings. The Morgan fingerprint density at radius 2 is 1.33 bits per heavy atom. The number of hydrogen-bond acceptors (Lipinski definition) is 3. The van der Waals surface area contributed by atoms with E-state index < -0.39 is 6.10 Å². The molecule has 0 bridgehead atoms. The van der Waals surface area contributed by atoms with Crippen molar-refractivity contribution < 1.29 is 9.53 Å². The monoisotopic (exact) mass is 442 g/mol. The van der Waals surface area contributed by atoms with Crippen LogP contribution < -0.4 is 4.74 Å². The van der Waals surface area contributed by atoms with Crippen LogP contribution in [0.1, 0.15) is 41.6 Å². The van der Waals surface area contributed by atoms with Gasteiger partial charge in [0.2, 0.25) is 0 Å². The number of nitrogens with zero attached hydrogens (tertiary/aromatic N) is 2. The van der Waals surface area contributed by atoms with Gasteiger partial charge in [-0.1, -0.05) is 73.7 Å². The van der Waals surface area contributed by atoms with Crippen LogP contribution in [0.2, 0.25) is 0 Å². The van der Waals surface area contributed by atoms with Crippen molar-refractivity contribution in [3.05, 3.63) is 101 Å². The summed E-state index contributed by atoms with van der Waals surface area (Å²) in [4.78, 5) is 17.8. The molecule has 1 amide bonds. The van der Waals surface area contributed by atoms with Crippen LogP contribution >= 0.6 is 0 Å². The summed E-state index contributed by atoms with van der Waals surface area (Å²) in [5.41, 5.74) is 4.86. The molecule has 33 heavy (non-hydrogen) atoms. The highest BCUT2D eigenvalue weighted by Gasteiger charge is 2.31. The van der Waals surface area contributed by atoms with Crippen molar-refractivity contribution in [2.24, 2.45) is 0 Å². The van der Waals surface area contributed by atoms with Crippen molar-refractivity contribution in [2.45, 2.75) is 39.3 Å². The van der Waals surface area contributed by atoms with E-state index in [-0.39, 0.29) is 11.9 Å². The van der Waals surface area contributed by atoms with E-state index in [1.165, 1.54) is 11.1 Å². The summed E-state index contributed by atoms with van der Waals surface area (Å²) in [5, 5.41) is 0. The molecule has 0 aliphatic carbocycles. The van der Waals surface area contributed by atoms with Crippen molar-refractivity contribution >= 4 is 5.91 Å². The van der Waals surface area contributed by atoms with Crippen LogP contribution in [0.3, 0.4) is 0 Å². The molecule has 1 fully saturated rings. The zero-order chi connectivity index (χ0) is 23.2. The number of amides is 1. The van der Waals surface area contributed by atoms with Crippen LogP contribution in [0.4, 0.5) is 0 Å². The molecule has 0 spiro atoms. The van der Waals surface area contributed by atoms with Gasteiger partial charge < -0.3 is 9.64 Å². The number of benzene rings is 3. The van der Waals surface area contributed by atoms with Crippen LogP contribution in [-0.4, -0.2) is 48.0 Å². The molecular formula is C29H34N2O2. The first-order chi connectivity index (χ1) is 16.0. The molecule has 0 N–H and O–H groups in total. The number of ether oxygens (including phenoxy) is 1. The Bertz CT molecular complexity index is 984. The molecule has 1 aliphatic heterocycles. The first-order valence-corrected chi connectivity index (χ1v) is 11.9. The summed E-state index contributed by atoms with van der Waals surface area (Å²) in [7, 11) is 0. The highest BCUT2D eigenvalue weighted by molar-refractivity contribution is 5.81. The Balaban J connectivity index is 1.44. The first-order valence-electron chi connectivity index (χ1n) is 11.9. The first kappa shape index (κ1) is 23.1. The third-order valence-electron chi connectivity index (χ3n) is 6.34. The Morgan fingerprint density at radius 3 is 1.82 bits per heavy atom. The lowest BCUT2D eigenvalue weighted by atomic mass is 9.96. The van der Waals surface area contributed by atoms with E-state index >= 15 is 0 Å². The molecule has 0 aromatic heterocycles. The molecule has 3 aromatic carbocycles. The van der Waals surface area contributed by atoms with E-state index in [1.807, 2.05) is 24.0 Å². The molecule has 4 nitrogen and oxygen atoms in total. The van der Waals surface area contributed by atoms with E-state index in [9.17, 15) is 4.79 Å². The lowest BCUT2D eigenvalue weighted by molar-refractivity contribution is -0.140. The van der Waals surface area contributed by atoms with Gasteiger partial charge in [-0.25, -0.2) is 0 Å². The van der Waals surface area contributed by atoms with Crippen molar-refractivity contribution in [2.75, 3.05) is 26.2 Å². The quantitative estimate of drug-likeness (QED) is 0.491. The number of hydrogen-bond donors (Lipinski definition) is 0. The third kappa shape index (κ3) is 5.63. The van der Waals surface area contributed by atoms with Crippen molar-refractivity contribution in [1.82, 2.24) is 9.80 Å². The lowest BCUT2D eigenvalue weighted by Gasteiger charge is -2.40. The molecule has 1 heterocycles. The number of carbonyl (C=O) groups is 1. The number of carbonyl (C=O) groups excluding carboxylic acids is 1. The molecule has 3 aromatic rings. The van der Waals surface area contributed by atoms with Crippen molar-refractivity contribution in [3.8, 4) is 5.75 Å². The average Bonchev–Trinajstić information content (AvgIpc) is 2.83. The zero-order valence-electron chi connectivity index (χ0n) is 19.9. The number of rotatable bonds is 7. The van der Waals surface area contributed by atoms with Gasteiger partial charge in [-0.15, -0.1) is 0 Å². The Kier molecular flexibility index (Phi) is 7.46. The van der Waals surface area contributed by atoms with E-state index in [4.69, 9.17) is 4.74 Å². The summed E-state index contributed by atoms with van der Waals surface area (Å²) in [6, 6.07) is 27.6. The Morgan fingerprint density at radius 1 is 0.818 bits per heavy atom. The van der Waals surface area contributed by atoms with Crippen LogP contribution in [0.15, 0.2) is 78.9 Å². The van der Waals surface area contributed by atoms with Gasteiger partial charge >= 0.3 is 0 Å². The smallest absolute Gasteiger partial charge is 0.263 e. The fourth-order valence-corrected chi connectivity index (χ4v) is 4.76. The van der Waals surface area contributed by atoms with Gasteiger partial charge in [-0.3, -0.25) is 9.69 Å². The van der Waals surface area contributed by atoms with Crippen LogP contribution in [0.25, 0.3) is 0 Å². The predicted octanol–water partition coefficient (Wildman–Crippen LogP) is 5.39. The molecule has 0 saturated carbocycles. The van der Waals surface area contributed by atoms with Crippen LogP contribution in [-0.2, 0) is 4.79 Å². The fourth-order valence-electron chi connectivity index (χ4n) is 4.76. The van der Waals surface area contributed by atoms with Gasteiger partial charge in [-0.05, 0) is 54.7 Å². The van der Waals surface area contributed by atoms with Crippen LogP contribution in [0, 0.1) is 13.8 Å². The summed E-state index contributed by atoms with van der Waals surface area (Å²) in [5.74, 6) is 0.867. The molecule has 0 unspecified atom stereocenters. The minimum absolute atomic E-state index is 0.0901.